The summed E-state index contributed by atoms with van der Waals surface area (Å²) in [6, 6.07) is 22.8. The lowest BCUT2D eigenvalue weighted by molar-refractivity contribution is 0.0288. The first-order chi connectivity index (χ1) is 16.1. The number of hydrogen-bond donors (Lipinski definition) is 0. The number of carbonyl (C=O) groups excluding carboxylic acids is 1. The Hall–Kier alpha value is -3.15. The molecule has 1 saturated heterocycles. The molecule has 0 saturated carbocycles. The van der Waals surface area contributed by atoms with Crippen molar-refractivity contribution in [3.05, 3.63) is 94.5 Å². The highest BCUT2D eigenvalue weighted by Crippen LogP contribution is 2.43. The van der Waals surface area contributed by atoms with Crippen molar-refractivity contribution in [1.82, 2.24) is 9.80 Å². The first-order valence-corrected chi connectivity index (χ1v) is 11.7. The van der Waals surface area contributed by atoms with Gasteiger partial charge in [0.2, 0.25) is 6.79 Å². The molecular weight excluding hydrogens is 412 g/mol. The van der Waals surface area contributed by atoms with Gasteiger partial charge in [-0.25, -0.2) is 0 Å². The second-order valence-electron chi connectivity index (χ2n) is 9.34. The zero-order valence-corrected chi connectivity index (χ0v) is 18.9. The predicted octanol–water partition coefficient (Wildman–Crippen LogP) is 4.18. The monoisotopic (exact) mass is 440 g/mol. The number of ether oxygens (including phenoxy) is 2. The van der Waals surface area contributed by atoms with Crippen LogP contribution in [0.5, 0.6) is 11.5 Å². The van der Waals surface area contributed by atoms with Crippen molar-refractivity contribution in [2.75, 3.05) is 33.0 Å². The van der Waals surface area contributed by atoms with Crippen LogP contribution in [0.2, 0.25) is 0 Å². The van der Waals surface area contributed by atoms with E-state index in [1.807, 2.05) is 24.3 Å². The molecule has 1 atom stereocenters. The van der Waals surface area contributed by atoms with E-state index in [-0.39, 0.29) is 5.78 Å². The lowest BCUT2D eigenvalue weighted by Gasteiger charge is -2.45. The summed E-state index contributed by atoms with van der Waals surface area (Å²) in [6.07, 6.45) is 0.744. The third-order valence-corrected chi connectivity index (χ3v) is 7.33. The molecule has 0 N–H and O–H groups in total. The molecule has 3 aromatic rings. The average molecular weight is 441 g/mol. The summed E-state index contributed by atoms with van der Waals surface area (Å²) in [6.45, 7) is 6.84. The third kappa shape index (κ3) is 3.43. The maximum Gasteiger partial charge on any atom is 0.231 e. The largest absolute Gasteiger partial charge is 0.454 e. The number of nitrogens with zero attached hydrogens (tertiary/aromatic N) is 2. The molecule has 1 aliphatic carbocycles. The highest BCUT2D eigenvalue weighted by Gasteiger charge is 2.51. The van der Waals surface area contributed by atoms with Crippen molar-refractivity contribution < 1.29 is 14.3 Å². The summed E-state index contributed by atoms with van der Waals surface area (Å²) in [5, 5.41) is 0. The Morgan fingerprint density at radius 2 is 1.70 bits per heavy atom. The number of carbonyl (C=O) groups is 1. The maximum atomic E-state index is 13.9. The molecule has 33 heavy (non-hydrogen) atoms. The molecule has 3 aliphatic rings. The summed E-state index contributed by atoms with van der Waals surface area (Å²) in [4.78, 5) is 18.8. The Labute approximate surface area is 194 Å². The lowest BCUT2D eigenvalue weighted by Crippen LogP contribution is -2.58. The molecular formula is C28H28N2O3. The quantitative estimate of drug-likeness (QED) is 0.609. The van der Waals surface area contributed by atoms with Gasteiger partial charge in [0.05, 0.1) is 0 Å². The summed E-state index contributed by atoms with van der Waals surface area (Å²) in [7, 11) is 0. The van der Waals surface area contributed by atoms with E-state index in [1.165, 1.54) is 11.1 Å². The molecule has 1 fully saturated rings. The van der Waals surface area contributed by atoms with Gasteiger partial charge in [0.15, 0.2) is 17.3 Å². The van der Waals surface area contributed by atoms with E-state index < -0.39 is 5.54 Å². The van der Waals surface area contributed by atoms with Crippen LogP contribution >= 0.6 is 0 Å². The van der Waals surface area contributed by atoms with E-state index >= 15 is 0 Å². The van der Waals surface area contributed by atoms with E-state index in [0.717, 1.165) is 67.3 Å². The zero-order valence-electron chi connectivity index (χ0n) is 18.9. The highest BCUT2D eigenvalue weighted by molar-refractivity contribution is 6.08. The topological polar surface area (TPSA) is 42.0 Å². The fourth-order valence-electron chi connectivity index (χ4n) is 5.63. The molecule has 0 spiro atoms. The SMILES string of the molecule is Cc1cccc(C2(N3CCN(Cc4ccc5c(c4)OCO5)CC3)Cc3ccccc3C2=O)c1. The molecule has 2 aliphatic heterocycles. The average Bonchev–Trinajstić information content (AvgIpc) is 3.42. The Bertz CT molecular complexity index is 1220. The normalized spacial score (nSPS) is 22.5. The maximum absolute atomic E-state index is 13.9. The Morgan fingerprint density at radius 1 is 0.879 bits per heavy atom. The number of piperazine rings is 1. The van der Waals surface area contributed by atoms with Gasteiger partial charge in [-0.05, 0) is 35.7 Å². The number of aryl methyl sites for hydroxylation is 1. The zero-order chi connectivity index (χ0) is 22.4. The minimum Gasteiger partial charge on any atom is -0.454 e. The van der Waals surface area contributed by atoms with Gasteiger partial charge in [-0.3, -0.25) is 14.6 Å². The van der Waals surface area contributed by atoms with E-state index in [9.17, 15) is 4.79 Å². The van der Waals surface area contributed by atoms with Gasteiger partial charge in [-0.15, -0.1) is 0 Å². The number of fused-ring (bicyclic) bond motifs is 2. The van der Waals surface area contributed by atoms with Gasteiger partial charge in [0, 0.05) is 44.7 Å². The first-order valence-electron chi connectivity index (χ1n) is 11.7. The number of Topliss-reactive ketones (excluding diaryl/α,β-unsaturated/α-hetero) is 1. The summed E-state index contributed by atoms with van der Waals surface area (Å²) in [5.74, 6) is 1.90. The van der Waals surface area contributed by atoms with E-state index in [0.29, 0.717) is 6.79 Å². The summed E-state index contributed by atoms with van der Waals surface area (Å²) in [5.41, 5.74) is 4.96. The fraction of sp³-hybridized carbons (Fsp3) is 0.321. The van der Waals surface area contributed by atoms with Crippen molar-refractivity contribution in [2.24, 2.45) is 0 Å². The van der Waals surface area contributed by atoms with Crippen LogP contribution in [-0.2, 0) is 18.5 Å². The minimum atomic E-state index is -0.611. The van der Waals surface area contributed by atoms with E-state index in [2.05, 4.69) is 59.2 Å². The molecule has 0 bridgehead atoms. The van der Waals surface area contributed by atoms with Gasteiger partial charge in [-0.1, -0.05) is 60.2 Å². The molecule has 5 heteroatoms. The number of rotatable bonds is 4. The van der Waals surface area contributed by atoms with Crippen LogP contribution in [0.4, 0.5) is 0 Å². The van der Waals surface area contributed by atoms with Gasteiger partial charge in [0.1, 0.15) is 5.54 Å². The third-order valence-electron chi connectivity index (χ3n) is 7.33. The van der Waals surface area contributed by atoms with Crippen molar-refractivity contribution >= 4 is 5.78 Å². The molecule has 2 heterocycles. The van der Waals surface area contributed by atoms with Crippen LogP contribution in [0.25, 0.3) is 0 Å². The molecule has 0 amide bonds. The van der Waals surface area contributed by atoms with Crippen LogP contribution in [0.3, 0.4) is 0 Å². The summed E-state index contributed by atoms with van der Waals surface area (Å²) < 4.78 is 11.0. The Kier molecular flexibility index (Phi) is 4.97. The fourth-order valence-corrected chi connectivity index (χ4v) is 5.63. The van der Waals surface area contributed by atoms with Crippen molar-refractivity contribution in [2.45, 2.75) is 25.4 Å². The van der Waals surface area contributed by atoms with Crippen molar-refractivity contribution in [3.8, 4) is 11.5 Å². The van der Waals surface area contributed by atoms with Crippen molar-refractivity contribution in [1.29, 1.82) is 0 Å². The second kappa shape index (κ2) is 8.01. The van der Waals surface area contributed by atoms with Crippen LogP contribution < -0.4 is 9.47 Å². The van der Waals surface area contributed by atoms with Gasteiger partial charge in [-0.2, -0.15) is 0 Å². The van der Waals surface area contributed by atoms with Crippen LogP contribution in [-0.4, -0.2) is 48.6 Å². The number of ketones is 1. The molecule has 3 aromatic carbocycles. The molecule has 1 unspecified atom stereocenters. The smallest absolute Gasteiger partial charge is 0.231 e. The predicted molar refractivity (Wildman–Crippen MR) is 127 cm³/mol. The highest BCUT2D eigenvalue weighted by atomic mass is 16.7. The molecule has 6 rings (SSSR count). The Balaban J connectivity index is 1.25. The standard InChI is InChI=1S/C28H28N2O3/c1-20-5-4-7-23(15-20)28(17-22-6-2-3-8-24(22)27(28)31)30-13-11-29(12-14-30)18-21-9-10-25-26(16-21)33-19-32-25/h2-10,15-16H,11-14,17-19H2,1H3. The number of benzene rings is 3. The van der Waals surface area contributed by atoms with Gasteiger partial charge >= 0.3 is 0 Å². The van der Waals surface area contributed by atoms with E-state index in [1.54, 1.807) is 0 Å². The van der Waals surface area contributed by atoms with Crippen LogP contribution in [0.1, 0.15) is 32.6 Å². The van der Waals surface area contributed by atoms with Gasteiger partial charge < -0.3 is 9.47 Å². The lowest BCUT2D eigenvalue weighted by atomic mass is 9.82. The minimum absolute atomic E-state index is 0.243. The van der Waals surface area contributed by atoms with Crippen LogP contribution in [0, 0.1) is 6.92 Å². The number of hydrogen-bond acceptors (Lipinski definition) is 5. The van der Waals surface area contributed by atoms with Gasteiger partial charge in [0.25, 0.3) is 0 Å². The van der Waals surface area contributed by atoms with Crippen LogP contribution in [0.15, 0.2) is 66.7 Å². The molecule has 0 aromatic heterocycles. The Morgan fingerprint density at radius 3 is 2.52 bits per heavy atom. The van der Waals surface area contributed by atoms with Crippen molar-refractivity contribution in [3.63, 3.8) is 0 Å². The van der Waals surface area contributed by atoms with E-state index in [4.69, 9.17) is 9.47 Å². The molecule has 0 radical (unpaired) electrons. The molecule has 5 nitrogen and oxygen atoms in total. The first kappa shape index (κ1) is 20.5. The molecule has 168 valence electrons. The second-order valence-corrected chi connectivity index (χ2v) is 9.34. The summed E-state index contributed by atoms with van der Waals surface area (Å²) >= 11 is 0.